The van der Waals surface area contributed by atoms with E-state index in [-0.39, 0.29) is 24.2 Å². The van der Waals surface area contributed by atoms with Gasteiger partial charge in [-0.1, -0.05) is 19.1 Å². The Hall–Kier alpha value is -1.36. The molecule has 0 aromatic heterocycles. The summed E-state index contributed by atoms with van der Waals surface area (Å²) in [6.45, 7) is 3.36. The average molecular weight is 354 g/mol. The van der Waals surface area contributed by atoms with E-state index >= 15 is 0 Å². The first-order valence-corrected chi connectivity index (χ1v) is 8.04. The van der Waals surface area contributed by atoms with Crippen molar-refractivity contribution in [2.75, 3.05) is 13.1 Å². The molecule has 1 aliphatic heterocycles. The van der Waals surface area contributed by atoms with Crippen LogP contribution in [0.2, 0.25) is 0 Å². The van der Waals surface area contributed by atoms with Crippen LogP contribution in [-0.4, -0.2) is 35.0 Å². The fraction of sp³-hybridized carbons (Fsp3) is 0.500. The first kappa shape index (κ1) is 16.0. The largest absolute Gasteiger partial charge is 0.481 e. The van der Waals surface area contributed by atoms with Crippen LogP contribution in [0.4, 0.5) is 0 Å². The van der Waals surface area contributed by atoms with E-state index in [4.69, 9.17) is 5.11 Å². The quantitative estimate of drug-likeness (QED) is 0.902. The third kappa shape index (κ3) is 4.06. The standard InChI is InChI=1S/C16H20BrNO3/c1-11(9-15(19)20)12-5-4-8-18(10-12)16(21)13-6-2-3-7-14(13)17/h2-3,6-7,11-12H,4-5,8-10H2,1H3,(H,19,20). The maximum absolute atomic E-state index is 12.6. The number of hydrogen-bond donors (Lipinski definition) is 1. The first-order chi connectivity index (χ1) is 9.99. The topological polar surface area (TPSA) is 57.6 Å². The summed E-state index contributed by atoms with van der Waals surface area (Å²) < 4.78 is 0.802. The molecule has 1 aromatic carbocycles. The van der Waals surface area contributed by atoms with Crippen LogP contribution < -0.4 is 0 Å². The van der Waals surface area contributed by atoms with E-state index in [0.29, 0.717) is 12.1 Å². The highest BCUT2D eigenvalue weighted by Gasteiger charge is 2.29. The number of benzene rings is 1. The van der Waals surface area contributed by atoms with Gasteiger partial charge in [-0.25, -0.2) is 0 Å². The molecule has 1 aliphatic rings. The Kier molecular flexibility index (Phi) is 5.39. The smallest absolute Gasteiger partial charge is 0.303 e. The van der Waals surface area contributed by atoms with E-state index in [2.05, 4.69) is 15.9 Å². The second-order valence-electron chi connectivity index (χ2n) is 5.71. The number of carboxylic acid groups (broad SMARTS) is 1. The molecule has 5 heteroatoms. The summed E-state index contributed by atoms with van der Waals surface area (Å²) in [6.07, 6.45) is 2.10. The van der Waals surface area contributed by atoms with Crippen LogP contribution in [0.5, 0.6) is 0 Å². The highest BCUT2D eigenvalue weighted by Crippen LogP contribution is 2.28. The number of halogens is 1. The number of aliphatic carboxylic acids is 1. The minimum atomic E-state index is -0.767. The van der Waals surface area contributed by atoms with Crippen molar-refractivity contribution >= 4 is 27.8 Å². The summed E-state index contributed by atoms with van der Waals surface area (Å²) in [6, 6.07) is 7.42. The van der Waals surface area contributed by atoms with Crippen LogP contribution in [0.1, 0.15) is 36.5 Å². The predicted molar refractivity (Wildman–Crippen MR) is 84.2 cm³/mol. The van der Waals surface area contributed by atoms with Crippen LogP contribution in [-0.2, 0) is 4.79 Å². The summed E-state index contributed by atoms with van der Waals surface area (Å²) in [4.78, 5) is 25.3. The van der Waals surface area contributed by atoms with Gasteiger partial charge in [-0.2, -0.15) is 0 Å². The number of rotatable bonds is 4. The maximum atomic E-state index is 12.6. The molecule has 0 aliphatic carbocycles. The number of carboxylic acids is 1. The zero-order valence-corrected chi connectivity index (χ0v) is 13.7. The maximum Gasteiger partial charge on any atom is 0.303 e. The van der Waals surface area contributed by atoms with Gasteiger partial charge in [-0.3, -0.25) is 9.59 Å². The Morgan fingerprint density at radius 1 is 1.43 bits per heavy atom. The monoisotopic (exact) mass is 353 g/mol. The molecule has 2 rings (SSSR count). The molecule has 0 bridgehead atoms. The molecule has 1 heterocycles. The Morgan fingerprint density at radius 3 is 2.81 bits per heavy atom. The lowest BCUT2D eigenvalue weighted by atomic mass is 9.84. The molecular weight excluding hydrogens is 334 g/mol. The minimum absolute atomic E-state index is 0.0229. The van der Waals surface area contributed by atoms with Gasteiger partial charge >= 0.3 is 5.97 Å². The van der Waals surface area contributed by atoms with Crippen LogP contribution in [0, 0.1) is 11.8 Å². The molecule has 2 unspecified atom stereocenters. The second kappa shape index (κ2) is 7.07. The molecular formula is C16H20BrNO3. The Labute approximate surface area is 133 Å². The van der Waals surface area contributed by atoms with E-state index < -0.39 is 5.97 Å². The summed E-state index contributed by atoms with van der Waals surface area (Å²) in [5.74, 6) is -0.384. The third-order valence-electron chi connectivity index (χ3n) is 4.15. The van der Waals surface area contributed by atoms with Crippen molar-refractivity contribution in [1.29, 1.82) is 0 Å². The van der Waals surface area contributed by atoms with Crippen molar-refractivity contribution in [3.8, 4) is 0 Å². The average Bonchev–Trinajstić information content (AvgIpc) is 2.46. The molecule has 1 aromatic rings. The van der Waals surface area contributed by atoms with Gasteiger partial charge in [0, 0.05) is 24.0 Å². The SMILES string of the molecule is CC(CC(=O)O)C1CCCN(C(=O)c2ccccc2Br)C1. The number of amides is 1. The van der Waals surface area contributed by atoms with E-state index in [1.54, 1.807) is 0 Å². The highest BCUT2D eigenvalue weighted by atomic mass is 79.9. The summed E-state index contributed by atoms with van der Waals surface area (Å²) in [5.41, 5.74) is 0.670. The van der Waals surface area contributed by atoms with Crippen molar-refractivity contribution in [2.24, 2.45) is 11.8 Å². The second-order valence-corrected chi connectivity index (χ2v) is 6.56. The summed E-state index contributed by atoms with van der Waals surface area (Å²) >= 11 is 3.42. The fourth-order valence-electron chi connectivity index (χ4n) is 2.91. The van der Waals surface area contributed by atoms with Gasteiger partial charge in [0.25, 0.3) is 5.91 Å². The van der Waals surface area contributed by atoms with Crippen LogP contribution in [0.25, 0.3) is 0 Å². The molecule has 1 fully saturated rings. The molecule has 0 saturated carbocycles. The van der Waals surface area contributed by atoms with Gasteiger partial charge in [0.05, 0.1) is 5.56 Å². The number of carbonyl (C=O) groups excluding carboxylic acids is 1. The van der Waals surface area contributed by atoms with Crippen molar-refractivity contribution in [1.82, 2.24) is 4.90 Å². The Bertz CT molecular complexity index is 532. The van der Waals surface area contributed by atoms with Crippen molar-refractivity contribution in [2.45, 2.75) is 26.2 Å². The number of likely N-dealkylation sites (tertiary alicyclic amines) is 1. The molecule has 1 amide bonds. The van der Waals surface area contributed by atoms with Crippen LogP contribution in [0.15, 0.2) is 28.7 Å². The molecule has 4 nitrogen and oxygen atoms in total. The van der Waals surface area contributed by atoms with Crippen molar-refractivity contribution in [3.05, 3.63) is 34.3 Å². The van der Waals surface area contributed by atoms with Gasteiger partial charge in [0.1, 0.15) is 0 Å². The predicted octanol–water partition coefficient (Wildman–Crippen LogP) is 3.41. The van der Waals surface area contributed by atoms with Gasteiger partial charge in [0.2, 0.25) is 0 Å². The molecule has 114 valence electrons. The number of hydrogen-bond acceptors (Lipinski definition) is 2. The Morgan fingerprint density at radius 2 is 2.14 bits per heavy atom. The lowest BCUT2D eigenvalue weighted by Gasteiger charge is -2.35. The number of piperidine rings is 1. The third-order valence-corrected chi connectivity index (χ3v) is 4.84. The zero-order chi connectivity index (χ0) is 15.4. The Balaban J connectivity index is 2.05. The van der Waals surface area contributed by atoms with E-state index in [1.165, 1.54) is 0 Å². The van der Waals surface area contributed by atoms with Crippen molar-refractivity contribution < 1.29 is 14.7 Å². The van der Waals surface area contributed by atoms with Gasteiger partial charge in [-0.15, -0.1) is 0 Å². The molecule has 0 spiro atoms. The normalized spacial score (nSPS) is 20.1. The lowest BCUT2D eigenvalue weighted by Crippen LogP contribution is -2.42. The minimum Gasteiger partial charge on any atom is -0.481 e. The van der Waals surface area contributed by atoms with Crippen LogP contribution >= 0.6 is 15.9 Å². The summed E-state index contributed by atoms with van der Waals surface area (Å²) in [7, 11) is 0. The molecule has 1 N–H and O–H groups in total. The first-order valence-electron chi connectivity index (χ1n) is 7.24. The molecule has 2 atom stereocenters. The number of nitrogens with zero attached hydrogens (tertiary/aromatic N) is 1. The van der Waals surface area contributed by atoms with Crippen LogP contribution in [0.3, 0.4) is 0 Å². The lowest BCUT2D eigenvalue weighted by molar-refractivity contribution is -0.138. The fourth-order valence-corrected chi connectivity index (χ4v) is 3.36. The van der Waals surface area contributed by atoms with Crippen molar-refractivity contribution in [3.63, 3.8) is 0 Å². The molecule has 0 radical (unpaired) electrons. The molecule has 1 saturated heterocycles. The number of carbonyl (C=O) groups is 2. The van der Waals surface area contributed by atoms with E-state index in [0.717, 1.165) is 23.9 Å². The van der Waals surface area contributed by atoms with E-state index in [1.807, 2.05) is 36.1 Å². The van der Waals surface area contributed by atoms with Gasteiger partial charge < -0.3 is 10.0 Å². The summed E-state index contributed by atoms with van der Waals surface area (Å²) in [5, 5.41) is 8.92. The van der Waals surface area contributed by atoms with E-state index in [9.17, 15) is 9.59 Å². The zero-order valence-electron chi connectivity index (χ0n) is 12.1. The molecule has 21 heavy (non-hydrogen) atoms. The van der Waals surface area contributed by atoms with Gasteiger partial charge in [0.15, 0.2) is 0 Å². The highest BCUT2D eigenvalue weighted by molar-refractivity contribution is 9.10. The van der Waals surface area contributed by atoms with Gasteiger partial charge in [-0.05, 0) is 52.7 Å².